The predicted octanol–water partition coefficient (Wildman–Crippen LogP) is 2.59. The van der Waals surface area contributed by atoms with Gasteiger partial charge in [0.25, 0.3) is 0 Å². The van der Waals surface area contributed by atoms with Crippen molar-refractivity contribution in [3.8, 4) is 0 Å². The molecule has 2 fully saturated rings. The van der Waals surface area contributed by atoms with Crippen LogP contribution in [-0.2, 0) is 9.53 Å². The third-order valence-electron chi connectivity index (χ3n) is 5.51. The average Bonchev–Trinajstić information content (AvgIpc) is 2.79. The highest BCUT2D eigenvalue weighted by Gasteiger charge is 2.51. The van der Waals surface area contributed by atoms with Crippen molar-refractivity contribution in [1.82, 2.24) is 4.90 Å². The number of carbonyl (C=O) groups excluding carboxylic acids is 1. The van der Waals surface area contributed by atoms with Gasteiger partial charge in [-0.15, -0.1) is 12.4 Å². The van der Waals surface area contributed by atoms with Crippen molar-refractivity contribution in [2.75, 3.05) is 13.7 Å². The van der Waals surface area contributed by atoms with E-state index in [9.17, 15) is 4.79 Å². The Bertz CT molecular complexity index is 362. The summed E-state index contributed by atoms with van der Waals surface area (Å²) in [5.41, 5.74) is 6.13. The van der Waals surface area contributed by atoms with E-state index in [1.165, 1.54) is 6.42 Å². The van der Waals surface area contributed by atoms with Crippen LogP contribution < -0.4 is 5.73 Å². The lowest BCUT2D eigenvalue weighted by molar-refractivity contribution is -0.164. The van der Waals surface area contributed by atoms with Crippen LogP contribution in [0.15, 0.2) is 0 Å². The van der Waals surface area contributed by atoms with Crippen molar-refractivity contribution in [2.24, 2.45) is 17.1 Å². The molecule has 0 aliphatic heterocycles. The first kappa shape index (κ1) is 18.7. The number of nitrogens with zero attached hydrogens (tertiary/aromatic N) is 1. The second-order valence-corrected chi connectivity index (χ2v) is 7.08. The van der Waals surface area contributed by atoms with Crippen molar-refractivity contribution < 1.29 is 9.53 Å². The van der Waals surface area contributed by atoms with Crippen LogP contribution in [0.25, 0.3) is 0 Å². The van der Waals surface area contributed by atoms with Gasteiger partial charge < -0.3 is 15.4 Å². The van der Waals surface area contributed by atoms with E-state index in [4.69, 9.17) is 10.5 Å². The maximum absolute atomic E-state index is 12.5. The summed E-state index contributed by atoms with van der Waals surface area (Å²) in [5, 5.41) is 0. The van der Waals surface area contributed by atoms with E-state index in [0.29, 0.717) is 18.4 Å². The van der Waals surface area contributed by atoms with Gasteiger partial charge in [-0.05, 0) is 32.1 Å². The van der Waals surface area contributed by atoms with E-state index in [1.54, 1.807) is 0 Å². The number of rotatable bonds is 5. The Labute approximate surface area is 135 Å². The molecule has 0 aromatic carbocycles. The maximum Gasteiger partial charge on any atom is 0.222 e. The van der Waals surface area contributed by atoms with Gasteiger partial charge in [0, 0.05) is 37.6 Å². The minimum atomic E-state index is 0. The van der Waals surface area contributed by atoms with Gasteiger partial charge in [0.05, 0.1) is 6.10 Å². The fraction of sp³-hybridized carbons (Fsp3) is 0.938. The quantitative estimate of drug-likeness (QED) is 0.847. The second-order valence-electron chi connectivity index (χ2n) is 7.08. The fourth-order valence-corrected chi connectivity index (χ4v) is 3.87. The Morgan fingerprint density at radius 2 is 2.05 bits per heavy atom. The highest BCUT2D eigenvalue weighted by molar-refractivity contribution is 5.85. The van der Waals surface area contributed by atoms with Crippen LogP contribution in [0, 0.1) is 11.3 Å². The summed E-state index contributed by atoms with van der Waals surface area (Å²) in [6, 6.07) is 0.516. The van der Waals surface area contributed by atoms with Gasteiger partial charge in [0.2, 0.25) is 5.91 Å². The van der Waals surface area contributed by atoms with Crippen LogP contribution in [0.2, 0.25) is 0 Å². The van der Waals surface area contributed by atoms with Gasteiger partial charge in [0.15, 0.2) is 0 Å². The highest BCUT2D eigenvalue weighted by Crippen LogP contribution is 2.45. The molecule has 1 amide bonds. The summed E-state index contributed by atoms with van der Waals surface area (Å²) in [7, 11) is 1.94. The van der Waals surface area contributed by atoms with Crippen molar-refractivity contribution in [1.29, 1.82) is 0 Å². The lowest BCUT2D eigenvalue weighted by atomic mass is 9.63. The highest BCUT2D eigenvalue weighted by atomic mass is 35.5. The van der Waals surface area contributed by atoms with Gasteiger partial charge in [0.1, 0.15) is 0 Å². The molecular weight excluding hydrogens is 288 g/mol. The van der Waals surface area contributed by atoms with Crippen molar-refractivity contribution in [3.63, 3.8) is 0 Å². The van der Waals surface area contributed by atoms with Gasteiger partial charge in [-0.3, -0.25) is 4.79 Å². The standard InChI is InChI=1S/C16H30N2O2.ClH/c1-5-20-14-10-13(16(14,2)3)18(4)15(19)9-11-7-6-8-12(11)17;/h11-14H,5-10,17H2,1-4H3;1H/t11-,12+,13?,14?;/m0./s1. The van der Waals surface area contributed by atoms with Crippen molar-refractivity contribution in [3.05, 3.63) is 0 Å². The van der Waals surface area contributed by atoms with Crippen molar-refractivity contribution in [2.45, 2.75) is 71.1 Å². The van der Waals surface area contributed by atoms with E-state index in [1.807, 2.05) is 18.9 Å². The number of carbonyl (C=O) groups is 1. The zero-order valence-corrected chi connectivity index (χ0v) is 14.6. The van der Waals surface area contributed by atoms with Crippen LogP contribution >= 0.6 is 12.4 Å². The number of nitrogens with two attached hydrogens (primary N) is 1. The molecule has 2 N–H and O–H groups in total. The summed E-state index contributed by atoms with van der Waals surface area (Å²) in [6.45, 7) is 7.17. The smallest absolute Gasteiger partial charge is 0.222 e. The molecule has 2 aliphatic rings. The second kappa shape index (κ2) is 7.30. The molecule has 0 aromatic rings. The summed E-state index contributed by atoms with van der Waals surface area (Å²) >= 11 is 0. The largest absolute Gasteiger partial charge is 0.378 e. The molecule has 21 heavy (non-hydrogen) atoms. The normalized spacial score (nSPS) is 34.0. The first-order valence-electron chi connectivity index (χ1n) is 8.00. The van der Waals surface area contributed by atoms with E-state index in [-0.39, 0.29) is 35.9 Å². The van der Waals surface area contributed by atoms with E-state index in [2.05, 4.69) is 13.8 Å². The SMILES string of the molecule is CCOC1CC(N(C)C(=O)C[C@@H]2CCC[C@H]2N)C1(C)C.Cl. The van der Waals surface area contributed by atoms with E-state index < -0.39 is 0 Å². The number of hydrogen-bond donors (Lipinski definition) is 1. The lowest BCUT2D eigenvalue weighted by Crippen LogP contribution is -2.62. The minimum Gasteiger partial charge on any atom is -0.378 e. The zero-order chi connectivity index (χ0) is 14.9. The maximum atomic E-state index is 12.5. The van der Waals surface area contributed by atoms with E-state index >= 15 is 0 Å². The predicted molar refractivity (Wildman–Crippen MR) is 87.6 cm³/mol. The number of hydrogen-bond acceptors (Lipinski definition) is 3. The number of amides is 1. The Hall–Kier alpha value is -0.320. The summed E-state index contributed by atoms with van der Waals surface area (Å²) in [4.78, 5) is 14.4. The molecule has 0 aromatic heterocycles. The third kappa shape index (κ3) is 3.72. The summed E-state index contributed by atoms with van der Waals surface area (Å²) in [5.74, 6) is 0.635. The summed E-state index contributed by atoms with van der Waals surface area (Å²) < 4.78 is 5.75. The van der Waals surface area contributed by atoms with Gasteiger partial charge in [-0.2, -0.15) is 0 Å². The van der Waals surface area contributed by atoms with Crippen LogP contribution in [0.1, 0.15) is 52.9 Å². The van der Waals surface area contributed by atoms with Gasteiger partial charge in [-0.25, -0.2) is 0 Å². The Morgan fingerprint density at radius 1 is 1.38 bits per heavy atom. The van der Waals surface area contributed by atoms with Crippen LogP contribution in [0.4, 0.5) is 0 Å². The molecule has 2 aliphatic carbocycles. The fourth-order valence-electron chi connectivity index (χ4n) is 3.87. The number of halogens is 1. The molecule has 2 unspecified atom stereocenters. The molecule has 4 nitrogen and oxygen atoms in total. The molecular formula is C16H31ClN2O2. The van der Waals surface area contributed by atoms with Gasteiger partial charge >= 0.3 is 0 Å². The van der Waals surface area contributed by atoms with Crippen LogP contribution in [0.3, 0.4) is 0 Å². The van der Waals surface area contributed by atoms with Crippen LogP contribution in [-0.4, -0.2) is 42.6 Å². The molecule has 0 saturated heterocycles. The Kier molecular flexibility index (Phi) is 6.51. The minimum absolute atomic E-state index is 0. The molecule has 5 heteroatoms. The Balaban J connectivity index is 0.00000220. The van der Waals surface area contributed by atoms with Crippen molar-refractivity contribution >= 4 is 18.3 Å². The molecule has 0 bridgehead atoms. The molecule has 0 heterocycles. The topological polar surface area (TPSA) is 55.6 Å². The zero-order valence-electron chi connectivity index (χ0n) is 13.8. The summed E-state index contributed by atoms with van der Waals surface area (Å²) in [6.07, 6.45) is 5.20. The van der Waals surface area contributed by atoms with E-state index in [0.717, 1.165) is 25.9 Å². The molecule has 0 spiro atoms. The molecule has 124 valence electrons. The molecule has 2 rings (SSSR count). The molecule has 0 radical (unpaired) electrons. The monoisotopic (exact) mass is 318 g/mol. The lowest BCUT2D eigenvalue weighted by Gasteiger charge is -2.55. The average molecular weight is 319 g/mol. The third-order valence-corrected chi connectivity index (χ3v) is 5.51. The first-order valence-corrected chi connectivity index (χ1v) is 8.00. The Morgan fingerprint density at radius 3 is 2.52 bits per heavy atom. The molecule has 2 saturated carbocycles. The molecule has 4 atom stereocenters. The van der Waals surface area contributed by atoms with Crippen LogP contribution in [0.5, 0.6) is 0 Å². The number of ether oxygens (including phenoxy) is 1. The first-order chi connectivity index (χ1) is 9.37. The van der Waals surface area contributed by atoms with Gasteiger partial charge in [-0.1, -0.05) is 20.3 Å².